The van der Waals surface area contributed by atoms with Gasteiger partial charge in [-0.05, 0) is 35.0 Å². The van der Waals surface area contributed by atoms with E-state index in [1.54, 1.807) is 6.92 Å². The maximum atomic E-state index is 13.2. The average molecular weight is 319 g/mol. The number of amides is 1. The number of rotatable bonds is 4. The molecule has 1 amide bonds. The molecule has 0 aliphatic heterocycles. The molecule has 1 aromatic carbocycles. The van der Waals surface area contributed by atoms with E-state index in [1.807, 2.05) is 0 Å². The minimum atomic E-state index is -0.473. The van der Waals surface area contributed by atoms with Crippen LogP contribution in [0.3, 0.4) is 0 Å². The number of carbonyl (C=O) groups is 1. The number of benzene rings is 1. The van der Waals surface area contributed by atoms with Crippen molar-refractivity contribution in [1.29, 1.82) is 0 Å². The lowest BCUT2D eigenvalue weighted by atomic mass is 10.1. The number of nitrogens with two attached hydrogens (primary N) is 1. The first-order valence-electron chi connectivity index (χ1n) is 4.95. The summed E-state index contributed by atoms with van der Waals surface area (Å²) in [5.41, 5.74) is 5.62. The molecule has 1 rings (SSSR count). The molecular weight excluding hydrogens is 307 g/mol. The lowest BCUT2D eigenvalue weighted by Gasteiger charge is -2.13. The van der Waals surface area contributed by atoms with Crippen molar-refractivity contribution in [1.82, 2.24) is 5.32 Å². The molecule has 92 valence electrons. The van der Waals surface area contributed by atoms with Crippen LogP contribution in [0.4, 0.5) is 4.39 Å². The second kappa shape index (κ2) is 6.07. The summed E-state index contributed by atoms with van der Waals surface area (Å²) in [7, 11) is 0. The third-order valence-corrected chi connectivity index (χ3v) is 3.05. The Morgan fingerprint density at radius 2 is 2.29 bits per heavy atom. The molecule has 0 bridgehead atoms. The highest BCUT2D eigenvalue weighted by Gasteiger charge is 2.15. The fourth-order valence-corrected chi connectivity index (χ4v) is 2.03. The molecule has 0 aliphatic carbocycles. The number of carbonyl (C=O) groups excluding carboxylic acids is 1. The van der Waals surface area contributed by atoms with Gasteiger partial charge in [-0.25, -0.2) is 4.39 Å². The molecule has 6 heteroatoms. The van der Waals surface area contributed by atoms with Crippen molar-refractivity contribution in [2.75, 3.05) is 0 Å². The molecule has 0 spiro atoms. The van der Waals surface area contributed by atoms with Gasteiger partial charge in [0.05, 0.1) is 15.0 Å². The third kappa shape index (κ3) is 4.05. The normalized spacial score (nSPS) is 11.9. The Bertz CT molecular complexity index is 453. The smallest absolute Gasteiger partial charge is 0.252 e. The minimum Gasteiger partial charge on any atom is -0.393 e. The van der Waals surface area contributed by atoms with Crippen LogP contribution in [0.25, 0.3) is 0 Å². The van der Waals surface area contributed by atoms with Crippen LogP contribution in [0.2, 0.25) is 0 Å². The lowest BCUT2D eigenvalue weighted by Crippen LogP contribution is -2.35. The van der Waals surface area contributed by atoms with Gasteiger partial charge in [-0.15, -0.1) is 0 Å². The van der Waals surface area contributed by atoms with Crippen LogP contribution in [0.1, 0.15) is 23.7 Å². The van der Waals surface area contributed by atoms with Crippen molar-refractivity contribution < 1.29 is 9.18 Å². The standard InChI is InChI=1S/C11H12BrFN2OS/c1-6(5-9(14)17)15-11(16)7-3-2-4-8(13)10(7)12/h2-4,6H,5H2,1H3,(H2,14,17)(H,15,16). The first-order chi connectivity index (χ1) is 7.91. The number of nitrogens with one attached hydrogen (secondary N) is 1. The van der Waals surface area contributed by atoms with Crippen LogP contribution in [0.15, 0.2) is 22.7 Å². The van der Waals surface area contributed by atoms with Crippen molar-refractivity contribution in [2.24, 2.45) is 5.73 Å². The first kappa shape index (κ1) is 14.1. The molecule has 17 heavy (non-hydrogen) atoms. The second-order valence-corrected chi connectivity index (χ2v) is 4.96. The molecule has 0 heterocycles. The fourth-order valence-electron chi connectivity index (χ4n) is 1.33. The summed E-state index contributed by atoms with van der Waals surface area (Å²) in [5.74, 6) is -0.834. The van der Waals surface area contributed by atoms with E-state index in [9.17, 15) is 9.18 Å². The molecule has 3 N–H and O–H groups in total. The maximum absolute atomic E-state index is 13.2. The Hall–Kier alpha value is -1.01. The van der Waals surface area contributed by atoms with Crippen LogP contribution < -0.4 is 11.1 Å². The first-order valence-corrected chi connectivity index (χ1v) is 6.15. The van der Waals surface area contributed by atoms with Gasteiger partial charge in [0.25, 0.3) is 5.91 Å². The van der Waals surface area contributed by atoms with Crippen LogP contribution in [-0.2, 0) is 0 Å². The van der Waals surface area contributed by atoms with Crippen LogP contribution in [-0.4, -0.2) is 16.9 Å². The van der Waals surface area contributed by atoms with Gasteiger partial charge in [-0.1, -0.05) is 18.3 Å². The zero-order valence-corrected chi connectivity index (χ0v) is 11.6. The monoisotopic (exact) mass is 318 g/mol. The van der Waals surface area contributed by atoms with Gasteiger partial charge in [0, 0.05) is 12.5 Å². The Kier molecular flexibility index (Phi) is 5.02. The molecule has 1 atom stereocenters. The molecule has 1 aromatic rings. The highest BCUT2D eigenvalue weighted by atomic mass is 79.9. The fraction of sp³-hybridized carbons (Fsp3) is 0.273. The van der Waals surface area contributed by atoms with Crippen LogP contribution >= 0.6 is 28.1 Å². The summed E-state index contributed by atoms with van der Waals surface area (Å²) in [6.07, 6.45) is 0.411. The van der Waals surface area contributed by atoms with E-state index in [1.165, 1.54) is 18.2 Å². The molecule has 0 fully saturated rings. The molecule has 0 aliphatic rings. The number of thiocarbonyl (C=S) groups is 1. The van der Waals surface area contributed by atoms with E-state index in [4.69, 9.17) is 18.0 Å². The molecule has 0 aromatic heterocycles. The van der Waals surface area contributed by atoms with E-state index in [0.29, 0.717) is 11.4 Å². The Balaban J connectivity index is 2.77. The Morgan fingerprint density at radius 3 is 2.88 bits per heavy atom. The number of halogens is 2. The largest absolute Gasteiger partial charge is 0.393 e. The Labute approximate surface area is 113 Å². The second-order valence-electron chi connectivity index (χ2n) is 3.65. The number of hydrogen-bond acceptors (Lipinski definition) is 2. The van der Waals surface area contributed by atoms with E-state index >= 15 is 0 Å². The lowest BCUT2D eigenvalue weighted by molar-refractivity contribution is 0.0940. The zero-order chi connectivity index (χ0) is 13.0. The van der Waals surface area contributed by atoms with E-state index < -0.39 is 5.82 Å². The topological polar surface area (TPSA) is 55.1 Å². The quantitative estimate of drug-likeness (QED) is 0.838. The van der Waals surface area contributed by atoms with Crippen molar-refractivity contribution in [3.8, 4) is 0 Å². The predicted molar refractivity (Wildman–Crippen MR) is 72.4 cm³/mol. The summed E-state index contributed by atoms with van der Waals surface area (Å²) in [6.45, 7) is 1.78. The molecule has 0 saturated heterocycles. The van der Waals surface area contributed by atoms with Crippen molar-refractivity contribution in [3.05, 3.63) is 34.1 Å². The minimum absolute atomic E-state index is 0.153. The Morgan fingerprint density at radius 1 is 1.65 bits per heavy atom. The van der Waals surface area contributed by atoms with Crippen molar-refractivity contribution >= 4 is 39.0 Å². The summed E-state index contributed by atoms with van der Waals surface area (Å²) >= 11 is 7.78. The molecule has 1 unspecified atom stereocenters. The molecule has 0 radical (unpaired) electrons. The summed E-state index contributed by atoms with van der Waals surface area (Å²) in [4.78, 5) is 12.1. The van der Waals surface area contributed by atoms with Gasteiger partial charge in [0.15, 0.2) is 0 Å². The summed E-state index contributed by atoms with van der Waals surface area (Å²) in [6, 6.07) is 4.11. The highest BCUT2D eigenvalue weighted by molar-refractivity contribution is 9.10. The van der Waals surface area contributed by atoms with Gasteiger partial charge < -0.3 is 11.1 Å². The average Bonchev–Trinajstić information content (AvgIpc) is 2.20. The van der Waals surface area contributed by atoms with Crippen molar-refractivity contribution in [2.45, 2.75) is 19.4 Å². The van der Waals surface area contributed by atoms with E-state index in [2.05, 4.69) is 21.2 Å². The van der Waals surface area contributed by atoms with Gasteiger partial charge in [-0.3, -0.25) is 4.79 Å². The van der Waals surface area contributed by atoms with Crippen molar-refractivity contribution in [3.63, 3.8) is 0 Å². The summed E-state index contributed by atoms with van der Waals surface area (Å²) in [5, 5.41) is 2.69. The predicted octanol–water partition coefficient (Wildman–Crippen LogP) is 2.38. The molecule has 0 saturated carbocycles. The highest BCUT2D eigenvalue weighted by Crippen LogP contribution is 2.20. The van der Waals surface area contributed by atoms with E-state index in [0.717, 1.165) is 0 Å². The van der Waals surface area contributed by atoms with Crippen LogP contribution in [0, 0.1) is 5.82 Å². The molecular formula is C11H12BrFN2OS. The SMILES string of the molecule is CC(CC(N)=S)NC(=O)c1cccc(F)c1Br. The summed E-state index contributed by atoms with van der Waals surface area (Å²) < 4.78 is 13.4. The van der Waals surface area contributed by atoms with Gasteiger partial charge >= 0.3 is 0 Å². The van der Waals surface area contributed by atoms with Gasteiger partial charge in [0.1, 0.15) is 5.82 Å². The van der Waals surface area contributed by atoms with Crippen LogP contribution in [0.5, 0.6) is 0 Å². The van der Waals surface area contributed by atoms with Gasteiger partial charge in [-0.2, -0.15) is 0 Å². The number of hydrogen-bond donors (Lipinski definition) is 2. The maximum Gasteiger partial charge on any atom is 0.252 e. The third-order valence-electron chi connectivity index (χ3n) is 2.08. The van der Waals surface area contributed by atoms with Gasteiger partial charge in [0.2, 0.25) is 0 Å². The molecule has 3 nitrogen and oxygen atoms in total. The van der Waals surface area contributed by atoms with E-state index in [-0.39, 0.29) is 22.0 Å². The zero-order valence-electron chi connectivity index (χ0n) is 9.17.